The Balaban J connectivity index is 0.000000211. The highest BCUT2D eigenvalue weighted by molar-refractivity contribution is 7.86. The predicted octanol–water partition coefficient (Wildman–Crippen LogP) is 3.01. The van der Waals surface area contributed by atoms with Crippen LogP contribution in [0.3, 0.4) is 0 Å². The Kier molecular flexibility index (Phi) is 5.50. The Labute approximate surface area is 135 Å². The van der Waals surface area contributed by atoms with Crippen molar-refractivity contribution in [1.82, 2.24) is 0 Å². The molecule has 0 radical (unpaired) electrons. The second-order valence-electron chi connectivity index (χ2n) is 6.10. The van der Waals surface area contributed by atoms with Crippen LogP contribution in [0.2, 0.25) is 0 Å². The van der Waals surface area contributed by atoms with Gasteiger partial charge >= 0.3 is 5.25 Å². The summed E-state index contributed by atoms with van der Waals surface area (Å²) in [5.74, 6) is 0.412. The average Bonchev–Trinajstić information content (AvgIpc) is 3.00. The maximum Gasteiger partial charge on any atom is 0.334 e. The van der Waals surface area contributed by atoms with E-state index in [1.807, 2.05) is 30.3 Å². The lowest BCUT2D eigenvalue weighted by atomic mass is 9.86. The Bertz CT molecular complexity index is 590. The van der Waals surface area contributed by atoms with Crippen LogP contribution in [-0.4, -0.2) is 18.2 Å². The molecule has 3 rings (SSSR count). The smallest absolute Gasteiger partial charge is 0.334 e. The molecular formula is C15H20F2O3S2. The van der Waals surface area contributed by atoms with E-state index in [4.69, 9.17) is 0 Å². The number of hydrogen-bond donors (Lipinski definition) is 0. The lowest BCUT2D eigenvalue weighted by Gasteiger charge is -2.27. The summed E-state index contributed by atoms with van der Waals surface area (Å²) in [5.41, 5.74) is 0. The van der Waals surface area contributed by atoms with Gasteiger partial charge in [-0.25, -0.2) is 8.42 Å². The van der Waals surface area contributed by atoms with Crippen LogP contribution in [0, 0.1) is 17.8 Å². The Morgan fingerprint density at radius 2 is 1.82 bits per heavy atom. The Hall–Kier alpha value is -0.660. The van der Waals surface area contributed by atoms with Gasteiger partial charge < -0.3 is 4.55 Å². The van der Waals surface area contributed by atoms with Crippen LogP contribution < -0.4 is 0 Å². The van der Waals surface area contributed by atoms with E-state index in [1.54, 1.807) is 0 Å². The van der Waals surface area contributed by atoms with Gasteiger partial charge in [-0.15, -0.1) is 0 Å². The zero-order valence-electron chi connectivity index (χ0n) is 12.0. The van der Waals surface area contributed by atoms with E-state index in [1.165, 1.54) is 0 Å². The van der Waals surface area contributed by atoms with E-state index in [0.29, 0.717) is 12.3 Å². The third kappa shape index (κ3) is 4.43. The van der Waals surface area contributed by atoms with Gasteiger partial charge in [0.1, 0.15) is 4.90 Å². The van der Waals surface area contributed by atoms with Crippen molar-refractivity contribution in [2.45, 2.75) is 42.3 Å². The van der Waals surface area contributed by atoms with Gasteiger partial charge in [0.2, 0.25) is 0 Å². The minimum Gasteiger partial charge on any atom is -0.743 e. The third-order valence-electron chi connectivity index (χ3n) is 4.52. The summed E-state index contributed by atoms with van der Waals surface area (Å²) in [7, 11) is -5.49. The molecule has 22 heavy (non-hydrogen) atoms. The van der Waals surface area contributed by atoms with Gasteiger partial charge in [0.25, 0.3) is 0 Å². The molecule has 2 saturated carbocycles. The zero-order valence-corrected chi connectivity index (χ0v) is 13.9. The molecule has 2 fully saturated rings. The minimum atomic E-state index is -5.49. The van der Waals surface area contributed by atoms with Gasteiger partial charge in [0.15, 0.2) is 10.1 Å². The number of rotatable bonds is 3. The quantitative estimate of drug-likeness (QED) is 0.622. The minimum absolute atomic E-state index is 0.211. The molecule has 0 N–H and O–H groups in total. The van der Waals surface area contributed by atoms with E-state index in [0.717, 1.165) is 24.2 Å². The van der Waals surface area contributed by atoms with E-state index >= 15 is 0 Å². The summed E-state index contributed by atoms with van der Waals surface area (Å²) in [4.78, 5) is 1.13. The fraction of sp³-hybridized carbons (Fsp3) is 0.600. The first kappa shape index (κ1) is 17.7. The molecule has 0 aromatic heterocycles. The summed E-state index contributed by atoms with van der Waals surface area (Å²) in [5, 5.41) is -4.08. The van der Waals surface area contributed by atoms with E-state index in [-0.39, 0.29) is 11.8 Å². The van der Waals surface area contributed by atoms with Crippen molar-refractivity contribution >= 4 is 22.7 Å². The van der Waals surface area contributed by atoms with Crippen molar-refractivity contribution < 1.29 is 21.8 Å². The molecule has 0 aliphatic heterocycles. The molecule has 2 aliphatic carbocycles. The number of benzene rings is 1. The highest BCUT2D eigenvalue weighted by Crippen LogP contribution is 2.51. The maximum absolute atomic E-state index is 13.0. The first-order chi connectivity index (χ1) is 10.2. The molecule has 1 aromatic rings. The van der Waals surface area contributed by atoms with Gasteiger partial charge in [-0.1, -0.05) is 24.6 Å². The molecule has 7 heteroatoms. The number of alkyl halides is 2. The van der Waals surface area contributed by atoms with Gasteiger partial charge in [-0.2, -0.15) is 8.78 Å². The van der Waals surface area contributed by atoms with Crippen LogP contribution in [0.5, 0.6) is 0 Å². The molecule has 0 heterocycles. The lowest BCUT2D eigenvalue weighted by Crippen LogP contribution is -2.32. The fourth-order valence-electron chi connectivity index (χ4n) is 3.47. The normalized spacial score (nSPS) is 27.4. The maximum atomic E-state index is 13.0. The zero-order chi connectivity index (χ0) is 16.4. The molecule has 3 unspecified atom stereocenters. The molecule has 0 spiro atoms. The topological polar surface area (TPSA) is 57.2 Å². The first-order valence-corrected chi connectivity index (χ1v) is 9.20. The summed E-state index contributed by atoms with van der Waals surface area (Å²) in [6.45, 7) is 0. The number of hydrogen-bond acceptors (Lipinski definition) is 3. The van der Waals surface area contributed by atoms with E-state index in [9.17, 15) is 21.8 Å². The second kappa shape index (κ2) is 6.84. The number of fused-ring (bicyclic) bond motifs is 2. The van der Waals surface area contributed by atoms with Gasteiger partial charge in [-0.05, 0) is 61.8 Å². The first-order valence-electron chi connectivity index (χ1n) is 7.29. The van der Waals surface area contributed by atoms with Gasteiger partial charge in [0.05, 0.1) is 0 Å². The highest BCUT2D eigenvalue weighted by atomic mass is 32.2. The third-order valence-corrected chi connectivity index (χ3v) is 5.76. The molecule has 124 valence electrons. The molecule has 1 aromatic carbocycles. The SMILES string of the molecule is O=S(=O)([O-])C(F)(F)CC1CC2CCC1C2.[SH2+]c1ccccc1. The van der Waals surface area contributed by atoms with Crippen molar-refractivity contribution in [2.75, 3.05) is 0 Å². The van der Waals surface area contributed by atoms with Crippen LogP contribution >= 0.6 is 0 Å². The summed E-state index contributed by atoms with van der Waals surface area (Å²) >= 11 is 3.36. The van der Waals surface area contributed by atoms with Crippen molar-refractivity contribution in [2.24, 2.45) is 17.8 Å². The van der Waals surface area contributed by atoms with Gasteiger partial charge in [-0.3, -0.25) is 0 Å². The van der Waals surface area contributed by atoms with Crippen molar-refractivity contribution in [3.63, 3.8) is 0 Å². The number of halogens is 2. The van der Waals surface area contributed by atoms with Crippen molar-refractivity contribution in [1.29, 1.82) is 0 Å². The lowest BCUT2D eigenvalue weighted by molar-refractivity contribution is 0.0413. The molecular weight excluding hydrogens is 330 g/mol. The van der Waals surface area contributed by atoms with Crippen LogP contribution in [-0.2, 0) is 22.7 Å². The predicted molar refractivity (Wildman–Crippen MR) is 83.1 cm³/mol. The standard InChI is InChI=1S/C9H14F2O3S.C6H6S/c10-9(11,15(12,13)14)5-8-4-6-1-2-7(8)3-6;7-6-4-2-1-3-5-6/h6-8H,1-5H2,(H,12,13,14);1-5,7H. The molecule has 0 saturated heterocycles. The summed E-state index contributed by atoms with van der Waals surface area (Å²) < 4.78 is 57.0. The molecule has 2 bridgehead atoms. The van der Waals surface area contributed by atoms with Crippen molar-refractivity contribution in [3.05, 3.63) is 30.3 Å². The van der Waals surface area contributed by atoms with Crippen molar-refractivity contribution in [3.8, 4) is 0 Å². The fourth-order valence-corrected chi connectivity index (χ4v) is 4.08. The summed E-state index contributed by atoms with van der Waals surface area (Å²) in [6.07, 6.45) is 2.79. The molecule has 0 amide bonds. The molecule has 2 aliphatic rings. The molecule has 3 atom stereocenters. The van der Waals surface area contributed by atoms with Gasteiger partial charge in [0, 0.05) is 6.42 Å². The largest absolute Gasteiger partial charge is 0.743 e. The monoisotopic (exact) mass is 350 g/mol. The van der Waals surface area contributed by atoms with Crippen LogP contribution in [0.15, 0.2) is 35.2 Å². The highest BCUT2D eigenvalue weighted by Gasteiger charge is 2.47. The van der Waals surface area contributed by atoms with Crippen LogP contribution in [0.4, 0.5) is 8.78 Å². The Morgan fingerprint density at radius 3 is 2.18 bits per heavy atom. The Morgan fingerprint density at radius 1 is 1.18 bits per heavy atom. The van der Waals surface area contributed by atoms with Crippen LogP contribution in [0.1, 0.15) is 32.1 Å². The molecule has 3 nitrogen and oxygen atoms in total. The van der Waals surface area contributed by atoms with E-state index in [2.05, 4.69) is 12.6 Å². The average molecular weight is 350 g/mol. The van der Waals surface area contributed by atoms with Crippen LogP contribution in [0.25, 0.3) is 0 Å². The van der Waals surface area contributed by atoms with E-state index < -0.39 is 21.8 Å². The second-order valence-corrected chi connectivity index (χ2v) is 8.18. The summed E-state index contributed by atoms with van der Waals surface area (Å²) in [6, 6.07) is 9.96.